The van der Waals surface area contributed by atoms with Gasteiger partial charge in [-0.1, -0.05) is 35.9 Å². The van der Waals surface area contributed by atoms with Crippen molar-refractivity contribution in [2.24, 2.45) is 0 Å². The zero-order chi connectivity index (χ0) is 24.0. The fourth-order valence-corrected chi connectivity index (χ4v) is 5.05. The monoisotopic (exact) mass is 497 g/mol. The van der Waals surface area contributed by atoms with Gasteiger partial charge in [0.25, 0.3) is 5.91 Å². The summed E-state index contributed by atoms with van der Waals surface area (Å²) in [6, 6.07) is 9.28. The number of carbonyl (C=O) groups excluding carboxylic acids is 1. The number of hydrogen-bond acceptors (Lipinski definition) is 8. The van der Waals surface area contributed by atoms with Crippen molar-refractivity contribution >= 4 is 44.9 Å². The molecule has 1 amide bonds. The van der Waals surface area contributed by atoms with Crippen LogP contribution in [-0.4, -0.2) is 29.8 Å². The number of halogens is 1. The SMILES string of the molecule is CCOc1ccc(C2c3c(oc4ccc(Cl)cc4c3=O)C(=O)N2c2nnc(CC)s2)cc1OC. The van der Waals surface area contributed by atoms with E-state index in [1.54, 1.807) is 36.4 Å². The van der Waals surface area contributed by atoms with E-state index < -0.39 is 11.9 Å². The molecule has 2 aromatic heterocycles. The first kappa shape index (κ1) is 22.4. The molecule has 0 bridgehead atoms. The first-order valence-electron chi connectivity index (χ1n) is 10.7. The Morgan fingerprint density at radius 2 is 1.94 bits per heavy atom. The molecule has 8 nitrogen and oxygen atoms in total. The maximum Gasteiger partial charge on any atom is 0.297 e. The van der Waals surface area contributed by atoms with Crippen LogP contribution in [0.2, 0.25) is 5.02 Å². The van der Waals surface area contributed by atoms with E-state index in [0.29, 0.717) is 45.6 Å². The molecule has 0 aliphatic carbocycles. The molecule has 4 aromatic rings. The number of anilines is 1. The molecule has 10 heteroatoms. The minimum absolute atomic E-state index is 0.0223. The van der Waals surface area contributed by atoms with E-state index in [1.807, 2.05) is 13.8 Å². The third-order valence-electron chi connectivity index (χ3n) is 5.60. The second-order valence-corrected chi connectivity index (χ2v) is 9.04. The summed E-state index contributed by atoms with van der Waals surface area (Å²) < 4.78 is 17.1. The van der Waals surface area contributed by atoms with Crippen molar-refractivity contribution in [1.29, 1.82) is 0 Å². The van der Waals surface area contributed by atoms with Crippen LogP contribution in [0.15, 0.2) is 45.6 Å². The van der Waals surface area contributed by atoms with Crippen LogP contribution in [0.4, 0.5) is 5.13 Å². The predicted octanol–water partition coefficient (Wildman–Crippen LogP) is 5.02. The van der Waals surface area contributed by atoms with Gasteiger partial charge in [-0.2, -0.15) is 0 Å². The summed E-state index contributed by atoms with van der Waals surface area (Å²) in [7, 11) is 1.54. The van der Waals surface area contributed by atoms with Crippen LogP contribution < -0.4 is 19.8 Å². The number of hydrogen-bond donors (Lipinski definition) is 0. The predicted molar refractivity (Wildman–Crippen MR) is 130 cm³/mol. The lowest BCUT2D eigenvalue weighted by molar-refractivity contribution is 0.0970. The number of benzene rings is 2. The van der Waals surface area contributed by atoms with Crippen molar-refractivity contribution in [2.45, 2.75) is 26.3 Å². The highest BCUT2D eigenvalue weighted by Crippen LogP contribution is 2.44. The van der Waals surface area contributed by atoms with Crippen LogP contribution in [0.25, 0.3) is 11.0 Å². The lowest BCUT2D eigenvalue weighted by Gasteiger charge is -2.23. The average molecular weight is 498 g/mol. The molecule has 0 fully saturated rings. The number of methoxy groups -OCH3 is 1. The molecule has 34 heavy (non-hydrogen) atoms. The number of rotatable bonds is 6. The van der Waals surface area contributed by atoms with Gasteiger partial charge in [-0.25, -0.2) is 0 Å². The molecule has 174 valence electrons. The van der Waals surface area contributed by atoms with Gasteiger partial charge in [0.05, 0.1) is 30.7 Å². The van der Waals surface area contributed by atoms with Crippen LogP contribution in [-0.2, 0) is 6.42 Å². The largest absolute Gasteiger partial charge is 0.493 e. The maximum absolute atomic E-state index is 13.7. The highest BCUT2D eigenvalue weighted by Gasteiger charge is 2.45. The van der Waals surface area contributed by atoms with Gasteiger partial charge in [-0.05, 0) is 49.2 Å². The first-order chi connectivity index (χ1) is 16.5. The lowest BCUT2D eigenvalue weighted by Crippen LogP contribution is -2.29. The number of aryl methyl sites for hydroxylation is 1. The highest BCUT2D eigenvalue weighted by atomic mass is 35.5. The number of aromatic nitrogens is 2. The van der Waals surface area contributed by atoms with E-state index in [0.717, 1.165) is 5.01 Å². The molecule has 3 heterocycles. The van der Waals surface area contributed by atoms with Crippen LogP contribution in [0.1, 0.15) is 46.6 Å². The van der Waals surface area contributed by atoms with Gasteiger partial charge < -0.3 is 13.9 Å². The van der Waals surface area contributed by atoms with E-state index in [2.05, 4.69) is 10.2 Å². The van der Waals surface area contributed by atoms with Gasteiger partial charge in [0, 0.05) is 5.02 Å². The summed E-state index contributed by atoms with van der Waals surface area (Å²) in [5.41, 5.74) is 0.833. The molecule has 1 aliphatic heterocycles. The number of amides is 1. The van der Waals surface area contributed by atoms with Crippen molar-refractivity contribution in [2.75, 3.05) is 18.6 Å². The fourth-order valence-electron chi connectivity index (χ4n) is 4.07. The highest BCUT2D eigenvalue weighted by molar-refractivity contribution is 7.15. The van der Waals surface area contributed by atoms with Crippen LogP contribution in [0.3, 0.4) is 0 Å². The van der Waals surface area contributed by atoms with Gasteiger partial charge in [-0.3, -0.25) is 14.5 Å². The molecule has 0 saturated carbocycles. The minimum atomic E-state index is -0.788. The zero-order valence-electron chi connectivity index (χ0n) is 18.6. The van der Waals surface area contributed by atoms with Gasteiger partial charge in [0.2, 0.25) is 10.9 Å². The Morgan fingerprint density at radius 1 is 1.12 bits per heavy atom. The number of fused-ring (bicyclic) bond motifs is 2. The summed E-state index contributed by atoms with van der Waals surface area (Å²) >= 11 is 7.45. The molecular weight excluding hydrogens is 478 g/mol. The smallest absolute Gasteiger partial charge is 0.297 e. The van der Waals surface area contributed by atoms with E-state index >= 15 is 0 Å². The topological polar surface area (TPSA) is 94.8 Å². The van der Waals surface area contributed by atoms with E-state index in [9.17, 15) is 9.59 Å². The average Bonchev–Trinajstić information content (AvgIpc) is 3.43. The van der Waals surface area contributed by atoms with Gasteiger partial charge >= 0.3 is 0 Å². The Morgan fingerprint density at radius 3 is 2.65 bits per heavy atom. The van der Waals surface area contributed by atoms with Crippen LogP contribution in [0, 0.1) is 0 Å². The zero-order valence-corrected chi connectivity index (χ0v) is 20.2. The molecule has 2 aromatic carbocycles. The van der Waals surface area contributed by atoms with Crippen LogP contribution in [0.5, 0.6) is 11.5 Å². The minimum Gasteiger partial charge on any atom is -0.493 e. The normalized spacial score (nSPS) is 15.1. The third-order valence-corrected chi connectivity index (χ3v) is 6.90. The fraction of sp³-hybridized carbons (Fsp3) is 0.250. The molecule has 0 N–H and O–H groups in total. The summed E-state index contributed by atoms with van der Waals surface area (Å²) in [4.78, 5) is 28.8. The van der Waals surface area contributed by atoms with Crippen molar-refractivity contribution in [1.82, 2.24) is 10.2 Å². The Bertz CT molecular complexity index is 1480. The van der Waals surface area contributed by atoms with Crippen molar-refractivity contribution in [3.63, 3.8) is 0 Å². The van der Waals surface area contributed by atoms with Crippen molar-refractivity contribution in [3.05, 3.63) is 73.5 Å². The number of carbonyl (C=O) groups is 1. The van der Waals surface area contributed by atoms with Crippen molar-refractivity contribution < 1.29 is 18.7 Å². The maximum atomic E-state index is 13.7. The summed E-state index contributed by atoms with van der Waals surface area (Å²) in [6.07, 6.45) is 0.674. The molecule has 0 saturated heterocycles. The molecule has 5 rings (SSSR count). The van der Waals surface area contributed by atoms with E-state index in [1.165, 1.54) is 23.3 Å². The third kappa shape index (κ3) is 3.52. The Kier molecular flexibility index (Phi) is 5.75. The van der Waals surface area contributed by atoms with E-state index in [-0.39, 0.29) is 22.3 Å². The Hall–Kier alpha value is -3.43. The van der Waals surface area contributed by atoms with Gasteiger partial charge in [-0.15, -0.1) is 10.2 Å². The molecule has 1 unspecified atom stereocenters. The molecule has 0 spiro atoms. The first-order valence-corrected chi connectivity index (χ1v) is 11.9. The summed E-state index contributed by atoms with van der Waals surface area (Å²) in [6.45, 7) is 4.30. The second kappa shape index (κ2) is 8.73. The van der Waals surface area contributed by atoms with E-state index in [4.69, 9.17) is 25.5 Å². The molecule has 1 atom stereocenters. The number of nitrogens with zero attached hydrogens (tertiary/aromatic N) is 3. The lowest BCUT2D eigenvalue weighted by atomic mass is 9.98. The van der Waals surface area contributed by atoms with Crippen LogP contribution >= 0.6 is 22.9 Å². The summed E-state index contributed by atoms with van der Waals surface area (Å²) in [5, 5.41) is 10.3. The standard InChI is InChI=1S/C24H20ClN3O5S/c1-4-18-26-27-24(34-18)28-20(12-6-8-16(32-5-2)17(10-12)31-3)19-21(29)14-11-13(25)7-9-15(14)33-22(19)23(28)30/h6-11,20H,4-5H2,1-3H3. The number of ether oxygens (including phenoxy) is 2. The van der Waals surface area contributed by atoms with Crippen molar-refractivity contribution in [3.8, 4) is 11.5 Å². The Labute approximate surface area is 203 Å². The summed E-state index contributed by atoms with van der Waals surface area (Å²) in [5.74, 6) is 0.567. The quantitative estimate of drug-likeness (QED) is 0.369. The van der Waals surface area contributed by atoms with Gasteiger partial charge in [0.15, 0.2) is 16.9 Å². The van der Waals surface area contributed by atoms with Gasteiger partial charge in [0.1, 0.15) is 10.6 Å². The second-order valence-electron chi connectivity index (χ2n) is 7.57. The molecule has 1 aliphatic rings. The Balaban J connectivity index is 1.77. The molecular formula is C24H20ClN3O5S. The molecule has 0 radical (unpaired) electrons.